The highest BCUT2D eigenvalue weighted by Crippen LogP contribution is 2.12. The number of amides is 1. The maximum absolute atomic E-state index is 12.5. The molecule has 2 fully saturated rings. The van der Waals surface area contributed by atoms with Gasteiger partial charge in [-0.2, -0.15) is 0 Å². The fourth-order valence-electron chi connectivity index (χ4n) is 3.78. The van der Waals surface area contributed by atoms with E-state index < -0.39 is 9.84 Å². The summed E-state index contributed by atoms with van der Waals surface area (Å²) in [6.45, 7) is 6.12. The van der Waals surface area contributed by atoms with Crippen LogP contribution in [0.5, 0.6) is 0 Å². The zero-order valence-corrected chi connectivity index (χ0v) is 16.9. The Balaban J connectivity index is 1.40. The minimum absolute atomic E-state index is 0.143. The molecule has 2 aliphatic rings. The summed E-state index contributed by atoms with van der Waals surface area (Å²) in [6.07, 6.45) is 4.70. The Labute approximate surface area is 163 Å². The molecule has 0 bridgehead atoms. The van der Waals surface area contributed by atoms with Gasteiger partial charge in [0.05, 0.1) is 17.2 Å². The molecular weight excluding hydrogens is 362 g/mol. The van der Waals surface area contributed by atoms with E-state index in [4.69, 9.17) is 0 Å². The van der Waals surface area contributed by atoms with Crippen LogP contribution in [0.3, 0.4) is 0 Å². The van der Waals surface area contributed by atoms with Gasteiger partial charge in [0.15, 0.2) is 9.84 Å². The van der Waals surface area contributed by atoms with Crippen LogP contribution in [-0.2, 0) is 14.6 Å². The van der Waals surface area contributed by atoms with E-state index in [1.807, 2.05) is 11.0 Å². The summed E-state index contributed by atoms with van der Waals surface area (Å²) in [5.74, 6) is 0.390. The lowest BCUT2D eigenvalue weighted by molar-refractivity contribution is -0.132. The van der Waals surface area contributed by atoms with Crippen molar-refractivity contribution in [2.45, 2.75) is 30.6 Å². The quantitative estimate of drug-likeness (QED) is 0.733. The first kappa shape index (κ1) is 20.3. The van der Waals surface area contributed by atoms with Gasteiger partial charge in [-0.3, -0.25) is 14.6 Å². The Morgan fingerprint density at radius 1 is 0.815 bits per heavy atom. The van der Waals surface area contributed by atoms with Crippen LogP contribution in [-0.4, -0.2) is 87.1 Å². The van der Waals surface area contributed by atoms with Crippen LogP contribution in [0.25, 0.3) is 0 Å². The molecule has 3 rings (SSSR count). The minimum atomic E-state index is -3.23. The number of rotatable bonds is 6. The molecule has 0 unspecified atom stereocenters. The Bertz CT molecular complexity index is 692. The van der Waals surface area contributed by atoms with E-state index in [-0.39, 0.29) is 11.7 Å². The summed E-state index contributed by atoms with van der Waals surface area (Å²) in [5.41, 5.74) is 0. The summed E-state index contributed by atoms with van der Waals surface area (Å²) >= 11 is 0. The molecular formula is C20H31N3O3S. The molecule has 27 heavy (non-hydrogen) atoms. The first-order chi connectivity index (χ1) is 13.0. The molecule has 0 atom stereocenters. The maximum Gasteiger partial charge on any atom is 0.236 e. The van der Waals surface area contributed by atoms with Crippen molar-refractivity contribution in [2.24, 2.45) is 0 Å². The van der Waals surface area contributed by atoms with Gasteiger partial charge in [-0.15, -0.1) is 0 Å². The van der Waals surface area contributed by atoms with Crippen molar-refractivity contribution in [1.82, 2.24) is 14.7 Å². The van der Waals surface area contributed by atoms with E-state index >= 15 is 0 Å². The number of nitrogens with zero attached hydrogens (tertiary/aromatic N) is 3. The van der Waals surface area contributed by atoms with Crippen molar-refractivity contribution in [2.75, 3.05) is 58.1 Å². The zero-order chi connectivity index (χ0) is 19.1. The van der Waals surface area contributed by atoms with E-state index in [9.17, 15) is 13.2 Å². The van der Waals surface area contributed by atoms with Gasteiger partial charge in [-0.25, -0.2) is 8.42 Å². The molecule has 1 aromatic rings. The highest BCUT2D eigenvalue weighted by molar-refractivity contribution is 7.91. The lowest BCUT2D eigenvalue weighted by atomic mass is 10.2. The van der Waals surface area contributed by atoms with Crippen LogP contribution in [0.15, 0.2) is 35.2 Å². The van der Waals surface area contributed by atoms with Crippen molar-refractivity contribution < 1.29 is 13.2 Å². The molecule has 1 amide bonds. The smallest absolute Gasteiger partial charge is 0.236 e. The zero-order valence-electron chi connectivity index (χ0n) is 16.1. The number of likely N-dealkylation sites (tertiary alicyclic amines) is 1. The van der Waals surface area contributed by atoms with Gasteiger partial charge in [-0.05, 0) is 25.0 Å². The number of benzene rings is 1. The van der Waals surface area contributed by atoms with Crippen LogP contribution >= 0.6 is 0 Å². The van der Waals surface area contributed by atoms with Gasteiger partial charge in [-0.1, -0.05) is 31.0 Å². The predicted octanol–water partition coefficient (Wildman–Crippen LogP) is 1.48. The van der Waals surface area contributed by atoms with Crippen LogP contribution in [0.4, 0.5) is 0 Å². The molecule has 0 aliphatic carbocycles. The first-order valence-corrected chi connectivity index (χ1v) is 11.7. The van der Waals surface area contributed by atoms with Crippen LogP contribution in [0.1, 0.15) is 25.7 Å². The van der Waals surface area contributed by atoms with Gasteiger partial charge in [0.25, 0.3) is 0 Å². The topological polar surface area (TPSA) is 60.9 Å². The standard InChI is InChI=1S/C20H31N3O3S/c24-20(23-10-6-1-2-7-11-23)18-22-14-12-21(13-15-22)16-17-27(25,26)19-8-4-3-5-9-19/h3-5,8-9H,1-2,6-7,10-18H2. The van der Waals surface area contributed by atoms with E-state index in [0.717, 1.165) is 52.1 Å². The minimum Gasteiger partial charge on any atom is -0.342 e. The number of piperazine rings is 1. The number of hydrogen-bond donors (Lipinski definition) is 0. The molecule has 2 aliphatic heterocycles. The summed E-state index contributed by atoms with van der Waals surface area (Å²) in [4.78, 5) is 19.3. The number of carbonyl (C=O) groups is 1. The number of sulfone groups is 1. The third-order valence-electron chi connectivity index (χ3n) is 5.56. The third-order valence-corrected chi connectivity index (χ3v) is 7.27. The maximum atomic E-state index is 12.5. The van der Waals surface area contributed by atoms with Gasteiger partial charge in [0.1, 0.15) is 0 Å². The van der Waals surface area contributed by atoms with Gasteiger partial charge >= 0.3 is 0 Å². The van der Waals surface area contributed by atoms with Crippen molar-refractivity contribution in [1.29, 1.82) is 0 Å². The van der Waals surface area contributed by atoms with E-state index in [1.165, 1.54) is 12.8 Å². The summed E-state index contributed by atoms with van der Waals surface area (Å²) in [5, 5.41) is 0. The van der Waals surface area contributed by atoms with Crippen molar-refractivity contribution >= 4 is 15.7 Å². The fourth-order valence-corrected chi connectivity index (χ4v) is 5.08. The second-order valence-electron chi connectivity index (χ2n) is 7.54. The fraction of sp³-hybridized carbons (Fsp3) is 0.650. The molecule has 6 nitrogen and oxygen atoms in total. The van der Waals surface area contributed by atoms with Crippen LogP contribution in [0, 0.1) is 0 Å². The molecule has 0 saturated carbocycles. The Hall–Kier alpha value is -1.44. The molecule has 150 valence electrons. The van der Waals surface area contributed by atoms with Crippen LogP contribution in [0.2, 0.25) is 0 Å². The second kappa shape index (κ2) is 9.66. The molecule has 2 heterocycles. The Morgan fingerprint density at radius 3 is 2.04 bits per heavy atom. The van der Waals surface area contributed by atoms with Gasteiger partial charge < -0.3 is 4.90 Å². The molecule has 0 N–H and O–H groups in total. The Morgan fingerprint density at radius 2 is 1.41 bits per heavy atom. The lowest BCUT2D eigenvalue weighted by Gasteiger charge is -2.35. The van der Waals surface area contributed by atoms with Gasteiger partial charge in [0, 0.05) is 45.8 Å². The third kappa shape index (κ3) is 6.02. The van der Waals surface area contributed by atoms with Crippen LogP contribution < -0.4 is 0 Å². The highest BCUT2D eigenvalue weighted by atomic mass is 32.2. The highest BCUT2D eigenvalue weighted by Gasteiger charge is 2.23. The number of hydrogen-bond acceptors (Lipinski definition) is 5. The summed E-state index contributed by atoms with van der Waals surface area (Å²) in [7, 11) is -3.23. The molecule has 0 aromatic heterocycles. The SMILES string of the molecule is O=C(CN1CCN(CCS(=O)(=O)c2ccccc2)CC1)N1CCCCCC1. The largest absolute Gasteiger partial charge is 0.342 e. The van der Waals surface area contributed by atoms with Crippen molar-refractivity contribution in [3.8, 4) is 0 Å². The van der Waals surface area contributed by atoms with Gasteiger partial charge in [0.2, 0.25) is 5.91 Å². The summed E-state index contributed by atoms with van der Waals surface area (Å²) in [6, 6.07) is 8.65. The van der Waals surface area contributed by atoms with E-state index in [2.05, 4.69) is 9.80 Å². The average Bonchev–Trinajstić information content (AvgIpc) is 2.98. The predicted molar refractivity (Wildman–Crippen MR) is 106 cm³/mol. The lowest BCUT2D eigenvalue weighted by Crippen LogP contribution is -2.50. The normalized spacial score (nSPS) is 20.4. The summed E-state index contributed by atoms with van der Waals surface area (Å²) < 4.78 is 24.8. The first-order valence-electron chi connectivity index (χ1n) is 10.0. The molecule has 1 aromatic carbocycles. The molecule has 7 heteroatoms. The number of carbonyl (C=O) groups excluding carboxylic acids is 1. The second-order valence-corrected chi connectivity index (χ2v) is 9.65. The van der Waals surface area contributed by atoms with E-state index in [1.54, 1.807) is 24.3 Å². The molecule has 0 spiro atoms. The molecule has 2 saturated heterocycles. The Kier molecular flexibility index (Phi) is 7.26. The van der Waals surface area contributed by atoms with Crippen molar-refractivity contribution in [3.63, 3.8) is 0 Å². The monoisotopic (exact) mass is 393 g/mol. The van der Waals surface area contributed by atoms with E-state index in [0.29, 0.717) is 18.0 Å². The molecule has 0 radical (unpaired) electrons. The van der Waals surface area contributed by atoms with Crippen molar-refractivity contribution in [3.05, 3.63) is 30.3 Å². The average molecular weight is 394 g/mol.